The van der Waals surface area contributed by atoms with Gasteiger partial charge in [0, 0.05) is 32.0 Å². The zero-order chi connectivity index (χ0) is 18.5. The number of hydrogen-bond donors (Lipinski definition) is 1. The maximum absolute atomic E-state index is 12.7. The van der Waals surface area contributed by atoms with Crippen LogP contribution < -0.4 is 10.9 Å². The second-order valence-electron chi connectivity index (χ2n) is 5.78. The summed E-state index contributed by atoms with van der Waals surface area (Å²) >= 11 is 0. The Morgan fingerprint density at radius 1 is 1.35 bits per heavy atom. The SMILES string of the molecule is COCCn1cnc2oc(C)c(C(=O)NCCc3ccccn3)c2c1=O. The fourth-order valence-electron chi connectivity index (χ4n) is 2.70. The van der Waals surface area contributed by atoms with E-state index in [1.54, 1.807) is 20.2 Å². The van der Waals surface area contributed by atoms with E-state index in [-0.39, 0.29) is 28.1 Å². The molecule has 3 rings (SSSR count). The first-order valence-electron chi connectivity index (χ1n) is 8.27. The molecule has 3 aromatic rings. The van der Waals surface area contributed by atoms with Gasteiger partial charge in [0.05, 0.1) is 18.7 Å². The molecule has 0 spiro atoms. The summed E-state index contributed by atoms with van der Waals surface area (Å²) in [5.41, 5.74) is 0.949. The van der Waals surface area contributed by atoms with Crippen LogP contribution in [0.4, 0.5) is 0 Å². The van der Waals surface area contributed by atoms with Crippen molar-refractivity contribution in [3.8, 4) is 0 Å². The minimum atomic E-state index is -0.361. The number of fused-ring (bicyclic) bond motifs is 1. The highest BCUT2D eigenvalue weighted by molar-refractivity contribution is 6.06. The zero-order valence-corrected chi connectivity index (χ0v) is 14.7. The Hall–Kier alpha value is -3.00. The van der Waals surface area contributed by atoms with Crippen LogP contribution in [0, 0.1) is 6.92 Å². The number of nitrogens with zero attached hydrogens (tertiary/aromatic N) is 3. The van der Waals surface area contributed by atoms with Gasteiger partial charge in [0.1, 0.15) is 17.5 Å². The average molecular weight is 356 g/mol. The summed E-state index contributed by atoms with van der Waals surface area (Å²) in [4.78, 5) is 33.7. The molecule has 0 aliphatic carbocycles. The molecule has 3 aromatic heterocycles. The van der Waals surface area contributed by atoms with Crippen molar-refractivity contribution in [3.63, 3.8) is 0 Å². The molecule has 0 atom stereocenters. The molecule has 0 aliphatic rings. The van der Waals surface area contributed by atoms with Crippen LogP contribution in [0.2, 0.25) is 0 Å². The smallest absolute Gasteiger partial charge is 0.265 e. The van der Waals surface area contributed by atoms with Gasteiger partial charge in [-0.05, 0) is 19.1 Å². The van der Waals surface area contributed by atoms with Gasteiger partial charge in [-0.2, -0.15) is 0 Å². The Balaban J connectivity index is 1.82. The number of amides is 1. The van der Waals surface area contributed by atoms with Crippen LogP contribution in [0.5, 0.6) is 0 Å². The molecule has 0 saturated heterocycles. The Morgan fingerprint density at radius 3 is 2.92 bits per heavy atom. The quantitative estimate of drug-likeness (QED) is 0.685. The summed E-state index contributed by atoms with van der Waals surface area (Å²) in [6.07, 6.45) is 3.70. The lowest BCUT2D eigenvalue weighted by Crippen LogP contribution is -2.29. The zero-order valence-electron chi connectivity index (χ0n) is 14.7. The summed E-state index contributed by atoms with van der Waals surface area (Å²) in [7, 11) is 1.56. The number of furan rings is 1. The van der Waals surface area contributed by atoms with Crippen molar-refractivity contribution in [1.29, 1.82) is 0 Å². The number of nitrogens with one attached hydrogen (secondary N) is 1. The van der Waals surface area contributed by atoms with Gasteiger partial charge in [0.2, 0.25) is 5.71 Å². The molecule has 0 saturated carbocycles. The van der Waals surface area contributed by atoms with Crippen LogP contribution in [0.3, 0.4) is 0 Å². The third-order valence-electron chi connectivity index (χ3n) is 4.01. The van der Waals surface area contributed by atoms with Gasteiger partial charge < -0.3 is 14.5 Å². The lowest BCUT2D eigenvalue weighted by Gasteiger charge is -2.06. The number of aryl methyl sites for hydroxylation is 1. The number of pyridine rings is 1. The van der Waals surface area contributed by atoms with Gasteiger partial charge in [-0.15, -0.1) is 0 Å². The summed E-state index contributed by atoms with van der Waals surface area (Å²) in [6.45, 7) is 2.77. The van der Waals surface area contributed by atoms with Crippen molar-refractivity contribution in [2.75, 3.05) is 20.3 Å². The summed E-state index contributed by atoms with van der Waals surface area (Å²) in [5.74, 6) is 0.00463. The summed E-state index contributed by atoms with van der Waals surface area (Å²) in [6, 6.07) is 5.62. The first kappa shape index (κ1) is 17.8. The van der Waals surface area contributed by atoms with Crippen LogP contribution >= 0.6 is 0 Å². The molecule has 1 N–H and O–H groups in total. The number of methoxy groups -OCH3 is 1. The highest BCUT2D eigenvalue weighted by atomic mass is 16.5. The fourth-order valence-corrected chi connectivity index (χ4v) is 2.70. The third-order valence-corrected chi connectivity index (χ3v) is 4.01. The second kappa shape index (κ2) is 7.92. The molecular weight excluding hydrogens is 336 g/mol. The lowest BCUT2D eigenvalue weighted by atomic mass is 10.1. The van der Waals surface area contributed by atoms with Crippen molar-refractivity contribution < 1.29 is 13.9 Å². The monoisotopic (exact) mass is 356 g/mol. The minimum Gasteiger partial charge on any atom is -0.442 e. The Kier molecular flexibility index (Phi) is 5.43. The first-order chi connectivity index (χ1) is 12.6. The molecule has 0 radical (unpaired) electrons. The number of carbonyl (C=O) groups excluding carboxylic acids is 1. The Morgan fingerprint density at radius 2 is 2.19 bits per heavy atom. The molecule has 0 bridgehead atoms. The number of ether oxygens (including phenoxy) is 1. The number of hydrogen-bond acceptors (Lipinski definition) is 6. The van der Waals surface area contributed by atoms with Gasteiger partial charge in [-0.25, -0.2) is 4.98 Å². The van der Waals surface area contributed by atoms with Crippen LogP contribution in [0.1, 0.15) is 21.8 Å². The minimum absolute atomic E-state index is 0.163. The van der Waals surface area contributed by atoms with Crippen molar-refractivity contribution in [2.45, 2.75) is 19.9 Å². The van der Waals surface area contributed by atoms with Crippen molar-refractivity contribution in [2.24, 2.45) is 0 Å². The van der Waals surface area contributed by atoms with Gasteiger partial charge >= 0.3 is 0 Å². The van der Waals surface area contributed by atoms with Gasteiger partial charge in [0.25, 0.3) is 11.5 Å². The van der Waals surface area contributed by atoms with Crippen molar-refractivity contribution >= 4 is 17.0 Å². The predicted octanol–water partition coefficient (Wildman–Crippen LogP) is 1.31. The van der Waals surface area contributed by atoms with Gasteiger partial charge in [-0.1, -0.05) is 6.07 Å². The van der Waals surface area contributed by atoms with Crippen LogP contribution in [0.25, 0.3) is 11.1 Å². The Labute approximate surface area is 149 Å². The van der Waals surface area contributed by atoms with E-state index in [0.29, 0.717) is 31.9 Å². The number of aromatic nitrogens is 3. The molecular formula is C18H20N4O4. The Bertz CT molecular complexity index is 962. The topological polar surface area (TPSA) is 99.2 Å². The van der Waals surface area contributed by atoms with Gasteiger partial charge in [0.15, 0.2) is 0 Å². The molecule has 8 nitrogen and oxygen atoms in total. The molecule has 136 valence electrons. The largest absolute Gasteiger partial charge is 0.442 e. The number of carbonyl (C=O) groups is 1. The standard InChI is InChI=1S/C18H20N4O4/c1-12-14(16(23)20-8-6-13-5-3-4-7-19-13)15-17(26-12)21-11-22(18(15)24)9-10-25-2/h3-5,7,11H,6,8-10H2,1-2H3,(H,20,23). The van der Waals surface area contributed by atoms with E-state index in [1.165, 1.54) is 10.9 Å². The van der Waals surface area contributed by atoms with Crippen molar-refractivity contribution in [3.05, 3.63) is 58.1 Å². The molecule has 0 aromatic carbocycles. The fraction of sp³-hybridized carbons (Fsp3) is 0.333. The van der Waals surface area contributed by atoms with Crippen molar-refractivity contribution in [1.82, 2.24) is 19.9 Å². The molecule has 0 unspecified atom stereocenters. The average Bonchev–Trinajstić information content (AvgIpc) is 2.99. The van der Waals surface area contributed by atoms with E-state index in [9.17, 15) is 9.59 Å². The normalized spacial score (nSPS) is 11.0. The number of rotatable bonds is 7. The molecule has 1 amide bonds. The molecule has 8 heteroatoms. The predicted molar refractivity (Wildman–Crippen MR) is 95.2 cm³/mol. The highest BCUT2D eigenvalue weighted by Crippen LogP contribution is 2.20. The maximum atomic E-state index is 12.7. The molecule has 26 heavy (non-hydrogen) atoms. The van der Waals surface area contributed by atoms with E-state index in [0.717, 1.165) is 5.69 Å². The van der Waals surface area contributed by atoms with Gasteiger partial charge in [-0.3, -0.25) is 19.1 Å². The van der Waals surface area contributed by atoms with Crippen LogP contribution in [-0.4, -0.2) is 40.7 Å². The van der Waals surface area contributed by atoms with E-state index < -0.39 is 0 Å². The van der Waals surface area contributed by atoms with E-state index in [4.69, 9.17) is 9.15 Å². The van der Waals surface area contributed by atoms with E-state index >= 15 is 0 Å². The lowest BCUT2D eigenvalue weighted by molar-refractivity contribution is 0.0954. The molecule has 0 aliphatic heterocycles. The summed E-state index contributed by atoms with van der Waals surface area (Å²) < 4.78 is 11.9. The van der Waals surface area contributed by atoms with Crippen LogP contribution in [0.15, 0.2) is 39.9 Å². The maximum Gasteiger partial charge on any atom is 0.265 e. The van der Waals surface area contributed by atoms with E-state index in [2.05, 4.69) is 15.3 Å². The third kappa shape index (κ3) is 3.65. The molecule has 3 heterocycles. The highest BCUT2D eigenvalue weighted by Gasteiger charge is 2.22. The second-order valence-corrected chi connectivity index (χ2v) is 5.78. The molecule has 0 fully saturated rings. The van der Waals surface area contributed by atoms with Crippen LogP contribution in [-0.2, 0) is 17.7 Å². The summed E-state index contributed by atoms with van der Waals surface area (Å²) in [5, 5.41) is 3.01. The first-order valence-corrected chi connectivity index (χ1v) is 8.27. The van der Waals surface area contributed by atoms with E-state index in [1.807, 2.05) is 18.2 Å².